The molecule has 1 fully saturated rings. The fourth-order valence-corrected chi connectivity index (χ4v) is 4.19. The number of piperazine rings is 1. The van der Waals surface area contributed by atoms with Crippen LogP contribution in [0.4, 0.5) is 0 Å². The summed E-state index contributed by atoms with van der Waals surface area (Å²) in [6.07, 6.45) is 4.41. The van der Waals surface area contributed by atoms with Crippen LogP contribution in [-0.4, -0.2) is 59.4 Å². The van der Waals surface area contributed by atoms with Crippen molar-refractivity contribution in [1.29, 1.82) is 0 Å². The number of rotatable bonds is 6. The molecule has 1 aromatic heterocycles. The second-order valence-corrected chi connectivity index (χ2v) is 7.85. The summed E-state index contributed by atoms with van der Waals surface area (Å²) < 4.78 is 2.12. The summed E-state index contributed by atoms with van der Waals surface area (Å²) in [5.74, 6) is 0.233. The molecule has 2 heterocycles. The van der Waals surface area contributed by atoms with Gasteiger partial charge in [-0.05, 0) is 18.6 Å². The Labute approximate surface area is 173 Å². The van der Waals surface area contributed by atoms with E-state index >= 15 is 0 Å². The van der Waals surface area contributed by atoms with Crippen molar-refractivity contribution in [3.05, 3.63) is 77.5 Å². The fraction of sp³-hybridized carbons (Fsp3) is 0.320. The van der Waals surface area contributed by atoms with E-state index in [4.69, 9.17) is 0 Å². The third-order valence-corrected chi connectivity index (χ3v) is 5.98. The number of benzene rings is 2. The predicted octanol–water partition coefficient (Wildman–Crippen LogP) is 4.00. The first-order valence-corrected chi connectivity index (χ1v) is 10.4. The standard InChI is InChI=1S/C25H29N3O/c1-20-25(22-12-6-7-13-23(22)26(20)2)24(29)19-28-17-15-27(16-18-28)14-8-11-21-9-4-3-5-10-21/h3-13H,14-19H2,1-2H3/b11-8+. The number of fused-ring (bicyclic) bond motifs is 1. The van der Waals surface area contributed by atoms with Gasteiger partial charge in [-0.15, -0.1) is 0 Å². The van der Waals surface area contributed by atoms with Crippen molar-refractivity contribution in [3.8, 4) is 0 Å². The molecule has 0 atom stereocenters. The smallest absolute Gasteiger partial charge is 0.179 e. The fourth-order valence-electron chi connectivity index (χ4n) is 4.19. The number of Topliss-reactive ketones (excluding diaryl/α,β-unsaturated/α-hetero) is 1. The number of aromatic nitrogens is 1. The van der Waals surface area contributed by atoms with E-state index in [1.165, 1.54) is 5.56 Å². The zero-order valence-corrected chi connectivity index (χ0v) is 17.3. The Morgan fingerprint density at radius 1 is 0.931 bits per heavy atom. The van der Waals surface area contributed by atoms with Crippen molar-refractivity contribution in [1.82, 2.24) is 14.4 Å². The van der Waals surface area contributed by atoms with E-state index in [-0.39, 0.29) is 5.78 Å². The highest BCUT2D eigenvalue weighted by atomic mass is 16.1. The van der Waals surface area contributed by atoms with Gasteiger partial charge < -0.3 is 4.57 Å². The van der Waals surface area contributed by atoms with Crippen LogP contribution in [0.2, 0.25) is 0 Å². The number of carbonyl (C=O) groups excluding carboxylic acids is 1. The predicted molar refractivity (Wildman–Crippen MR) is 120 cm³/mol. The number of hydrogen-bond donors (Lipinski definition) is 0. The van der Waals surface area contributed by atoms with Gasteiger partial charge in [0.1, 0.15) is 0 Å². The van der Waals surface area contributed by atoms with Gasteiger partial charge in [0.2, 0.25) is 0 Å². The van der Waals surface area contributed by atoms with Gasteiger partial charge in [-0.1, -0.05) is 60.7 Å². The number of nitrogens with zero attached hydrogens (tertiary/aromatic N) is 3. The maximum absolute atomic E-state index is 13.1. The lowest BCUT2D eigenvalue weighted by molar-refractivity contribution is 0.0866. The molecule has 0 bridgehead atoms. The van der Waals surface area contributed by atoms with Crippen LogP contribution in [-0.2, 0) is 7.05 Å². The molecule has 1 aliphatic heterocycles. The van der Waals surface area contributed by atoms with Crippen molar-refractivity contribution < 1.29 is 4.79 Å². The second kappa shape index (κ2) is 8.76. The highest BCUT2D eigenvalue weighted by molar-refractivity contribution is 6.10. The molecule has 2 aromatic carbocycles. The van der Waals surface area contributed by atoms with E-state index in [0.717, 1.165) is 54.9 Å². The molecule has 4 heteroatoms. The molecular formula is C25H29N3O. The Morgan fingerprint density at radius 3 is 2.34 bits per heavy atom. The van der Waals surface area contributed by atoms with Crippen molar-refractivity contribution in [2.24, 2.45) is 7.05 Å². The van der Waals surface area contributed by atoms with Crippen LogP contribution >= 0.6 is 0 Å². The molecule has 150 valence electrons. The van der Waals surface area contributed by atoms with Crippen LogP contribution in [0.25, 0.3) is 17.0 Å². The Balaban J connectivity index is 1.33. The summed E-state index contributed by atoms with van der Waals surface area (Å²) in [4.78, 5) is 17.8. The molecule has 4 nitrogen and oxygen atoms in total. The molecule has 0 N–H and O–H groups in total. The molecule has 1 aliphatic rings. The number of carbonyl (C=O) groups is 1. The first-order valence-electron chi connectivity index (χ1n) is 10.4. The minimum Gasteiger partial charge on any atom is -0.347 e. The van der Waals surface area contributed by atoms with Crippen LogP contribution < -0.4 is 0 Å². The van der Waals surface area contributed by atoms with Crippen LogP contribution in [0.5, 0.6) is 0 Å². The summed E-state index contributed by atoms with van der Waals surface area (Å²) in [6.45, 7) is 7.39. The first-order chi connectivity index (χ1) is 14.1. The minimum absolute atomic E-state index is 0.233. The summed E-state index contributed by atoms with van der Waals surface area (Å²) >= 11 is 0. The number of aryl methyl sites for hydroxylation is 1. The maximum Gasteiger partial charge on any atom is 0.179 e. The van der Waals surface area contributed by atoms with Gasteiger partial charge in [0, 0.05) is 61.9 Å². The quantitative estimate of drug-likeness (QED) is 0.599. The topological polar surface area (TPSA) is 28.5 Å². The van der Waals surface area contributed by atoms with E-state index in [2.05, 4.69) is 62.9 Å². The SMILES string of the molecule is Cc1c(C(=O)CN2CCN(C/C=C/c3ccccc3)CC2)c2ccccc2n1C. The number of ketones is 1. The Bertz CT molecular complexity index is 1010. The first kappa shape index (κ1) is 19.6. The largest absolute Gasteiger partial charge is 0.347 e. The summed E-state index contributed by atoms with van der Waals surface area (Å²) in [6, 6.07) is 18.6. The van der Waals surface area contributed by atoms with E-state index in [9.17, 15) is 4.79 Å². The molecule has 4 rings (SSSR count). The molecule has 0 aliphatic carbocycles. The third kappa shape index (κ3) is 4.34. The number of para-hydroxylation sites is 1. The normalized spacial score (nSPS) is 16.1. The molecule has 0 spiro atoms. The molecule has 29 heavy (non-hydrogen) atoms. The lowest BCUT2D eigenvalue weighted by Gasteiger charge is -2.33. The van der Waals surface area contributed by atoms with Crippen LogP contribution in [0.1, 0.15) is 21.6 Å². The Hall–Kier alpha value is -2.69. The molecule has 0 unspecified atom stereocenters. The monoisotopic (exact) mass is 387 g/mol. The summed E-state index contributed by atoms with van der Waals surface area (Å²) in [7, 11) is 2.04. The molecular weight excluding hydrogens is 358 g/mol. The molecule has 1 saturated heterocycles. The Kier molecular flexibility index (Phi) is 5.93. The van der Waals surface area contributed by atoms with Crippen LogP contribution in [0.3, 0.4) is 0 Å². The zero-order chi connectivity index (χ0) is 20.2. The van der Waals surface area contributed by atoms with Gasteiger partial charge in [0.15, 0.2) is 5.78 Å². The zero-order valence-electron chi connectivity index (χ0n) is 17.3. The van der Waals surface area contributed by atoms with E-state index in [1.807, 2.05) is 32.2 Å². The van der Waals surface area contributed by atoms with Crippen molar-refractivity contribution >= 4 is 22.8 Å². The lowest BCUT2D eigenvalue weighted by atomic mass is 10.1. The molecule has 3 aromatic rings. The number of hydrogen-bond acceptors (Lipinski definition) is 3. The second-order valence-electron chi connectivity index (χ2n) is 7.85. The van der Waals surface area contributed by atoms with Gasteiger partial charge in [0.25, 0.3) is 0 Å². The summed E-state index contributed by atoms with van der Waals surface area (Å²) in [5.41, 5.74) is 4.31. The van der Waals surface area contributed by atoms with Crippen LogP contribution in [0.15, 0.2) is 60.7 Å². The Morgan fingerprint density at radius 2 is 1.59 bits per heavy atom. The van der Waals surface area contributed by atoms with E-state index in [0.29, 0.717) is 6.54 Å². The third-order valence-electron chi connectivity index (χ3n) is 5.98. The van der Waals surface area contributed by atoms with Gasteiger partial charge in [0.05, 0.1) is 6.54 Å². The van der Waals surface area contributed by atoms with Crippen molar-refractivity contribution in [2.45, 2.75) is 6.92 Å². The van der Waals surface area contributed by atoms with E-state index < -0.39 is 0 Å². The van der Waals surface area contributed by atoms with Crippen molar-refractivity contribution in [2.75, 3.05) is 39.3 Å². The summed E-state index contributed by atoms with van der Waals surface area (Å²) in [5, 5.41) is 1.07. The average Bonchev–Trinajstić information content (AvgIpc) is 3.01. The van der Waals surface area contributed by atoms with Crippen molar-refractivity contribution in [3.63, 3.8) is 0 Å². The van der Waals surface area contributed by atoms with Gasteiger partial charge in [-0.25, -0.2) is 0 Å². The maximum atomic E-state index is 13.1. The van der Waals surface area contributed by atoms with Crippen LogP contribution in [0, 0.1) is 6.92 Å². The lowest BCUT2D eigenvalue weighted by Crippen LogP contribution is -2.47. The van der Waals surface area contributed by atoms with Gasteiger partial charge in [-0.2, -0.15) is 0 Å². The highest BCUT2D eigenvalue weighted by Crippen LogP contribution is 2.25. The molecule has 0 saturated carbocycles. The van der Waals surface area contributed by atoms with Gasteiger partial charge >= 0.3 is 0 Å². The van der Waals surface area contributed by atoms with E-state index in [1.54, 1.807) is 0 Å². The molecule has 0 radical (unpaired) electrons. The minimum atomic E-state index is 0.233. The molecule has 0 amide bonds. The average molecular weight is 388 g/mol. The highest BCUT2D eigenvalue weighted by Gasteiger charge is 2.22. The van der Waals surface area contributed by atoms with Gasteiger partial charge in [-0.3, -0.25) is 14.6 Å².